The highest BCUT2D eigenvalue weighted by atomic mass is 16.5. The predicted octanol–water partition coefficient (Wildman–Crippen LogP) is 3.37. The number of carbonyl (C=O) groups is 3. The molecule has 3 heterocycles. The molecule has 3 aromatic rings. The van der Waals surface area contributed by atoms with E-state index in [1.807, 2.05) is 36.4 Å². The average molecular weight is 504 g/mol. The van der Waals surface area contributed by atoms with E-state index in [0.29, 0.717) is 55.5 Å². The summed E-state index contributed by atoms with van der Waals surface area (Å²) in [5.74, 6) is 1.04. The third-order valence-corrected chi connectivity index (χ3v) is 7.04. The minimum absolute atomic E-state index is 0.0753. The molecule has 37 heavy (non-hydrogen) atoms. The maximum atomic E-state index is 13.5. The van der Waals surface area contributed by atoms with Gasteiger partial charge in [-0.15, -0.1) is 0 Å². The molecule has 9 heteroatoms. The number of carbonyl (C=O) groups excluding carboxylic acids is 3. The van der Waals surface area contributed by atoms with Gasteiger partial charge < -0.3 is 28.6 Å². The van der Waals surface area contributed by atoms with E-state index in [4.69, 9.17) is 13.9 Å². The molecule has 9 nitrogen and oxygen atoms in total. The van der Waals surface area contributed by atoms with Gasteiger partial charge in [0, 0.05) is 38.3 Å². The van der Waals surface area contributed by atoms with Gasteiger partial charge in [0.05, 0.1) is 32.9 Å². The molecule has 192 valence electrons. The number of furan rings is 1. The summed E-state index contributed by atoms with van der Waals surface area (Å²) in [7, 11) is 3.12. The maximum Gasteiger partial charge on any atom is 0.289 e. The molecule has 3 amide bonds. The topological polar surface area (TPSA) is 92.5 Å². The van der Waals surface area contributed by atoms with Crippen LogP contribution in [0.3, 0.4) is 0 Å². The van der Waals surface area contributed by atoms with Gasteiger partial charge in [-0.25, -0.2) is 0 Å². The first-order chi connectivity index (χ1) is 18.0. The van der Waals surface area contributed by atoms with Crippen molar-refractivity contribution >= 4 is 17.7 Å². The van der Waals surface area contributed by atoms with E-state index in [2.05, 4.69) is 0 Å². The molecular weight excluding hydrogens is 474 g/mol. The van der Waals surface area contributed by atoms with E-state index in [9.17, 15) is 14.4 Å². The lowest BCUT2D eigenvalue weighted by molar-refractivity contribution is -0.133. The first kappa shape index (κ1) is 24.4. The number of piperazine rings is 1. The maximum absolute atomic E-state index is 13.5. The Kier molecular flexibility index (Phi) is 6.85. The van der Waals surface area contributed by atoms with Crippen LogP contribution in [0.2, 0.25) is 0 Å². The van der Waals surface area contributed by atoms with E-state index < -0.39 is 6.04 Å². The molecule has 0 unspecified atom stereocenters. The van der Waals surface area contributed by atoms with Gasteiger partial charge in [0.2, 0.25) is 5.91 Å². The highest BCUT2D eigenvalue weighted by Gasteiger charge is 2.36. The normalized spacial score (nSPS) is 15.9. The minimum Gasteiger partial charge on any atom is -0.493 e. The number of ether oxygens (including phenoxy) is 2. The molecule has 0 bridgehead atoms. The van der Waals surface area contributed by atoms with Crippen LogP contribution in [0.15, 0.2) is 65.3 Å². The van der Waals surface area contributed by atoms with E-state index >= 15 is 0 Å². The second kappa shape index (κ2) is 10.4. The fraction of sp³-hybridized carbons (Fsp3) is 0.321. The standard InChI is InChI=1S/C28H29N3O6/c1-35-23-10-9-19(16-25(23)36-2)22(31-18-20-6-3-4-7-21(20)27(31)33)17-26(32)29-11-13-30(14-12-29)28(34)24-8-5-15-37-24/h3-10,15-16,22H,11-14,17-18H2,1-2H3/t22-/m1/s1. The second-order valence-corrected chi connectivity index (χ2v) is 9.07. The third kappa shape index (κ3) is 4.76. The highest BCUT2D eigenvalue weighted by Crippen LogP contribution is 2.37. The predicted molar refractivity (Wildman–Crippen MR) is 134 cm³/mol. The quantitative estimate of drug-likeness (QED) is 0.491. The molecule has 1 aromatic heterocycles. The van der Waals surface area contributed by atoms with Crippen molar-refractivity contribution in [3.05, 3.63) is 83.3 Å². The molecule has 2 aliphatic rings. The zero-order chi connectivity index (χ0) is 25.9. The molecule has 1 fully saturated rings. The summed E-state index contributed by atoms with van der Waals surface area (Å²) >= 11 is 0. The number of methoxy groups -OCH3 is 2. The Morgan fingerprint density at radius 3 is 2.32 bits per heavy atom. The molecule has 1 atom stereocenters. The fourth-order valence-corrected chi connectivity index (χ4v) is 5.01. The smallest absolute Gasteiger partial charge is 0.289 e. The van der Waals surface area contributed by atoms with Crippen LogP contribution >= 0.6 is 0 Å². The molecule has 0 N–H and O–H groups in total. The summed E-state index contributed by atoms with van der Waals surface area (Å²) in [5, 5.41) is 0. The molecule has 2 aromatic carbocycles. The Labute approximate surface area is 215 Å². The Morgan fingerprint density at radius 1 is 0.919 bits per heavy atom. The number of rotatable bonds is 7. The monoisotopic (exact) mass is 503 g/mol. The zero-order valence-corrected chi connectivity index (χ0v) is 20.9. The molecule has 5 rings (SSSR count). The summed E-state index contributed by atoms with van der Waals surface area (Å²) in [6, 6.07) is 15.8. The van der Waals surface area contributed by atoms with Gasteiger partial charge in [-0.05, 0) is 41.5 Å². The van der Waals surface area contributed by atoms with Crippen LogP contribution in [0.25, 0.3) is 0 Å². The second-order valence-electron chi connectivity index (χ2n) is 9.07. The summed E-state index contributed by atoms with van der Waals surface area (Å²) < 4.78 is 16.1. The number of nitrogens with zero attached hydrogens (tertiary/aromatic N) is 3. The molecule has 1 saturated heterocycles. The van der Waals surface area contributed by atoms with E-state index in [0.717, 1.165) is 11.1 Å². The lowest BCUT2D eigenvalue weighted by Crippen LogP contribution is -2.51. The minimum atomic E-state index is -0.491. The van der Waals surface area contributed by atoms with E-state index in [1.54, 1.807) is 47.1 Å². The number of hydrogen-bond donors (Lipinski definition) is 0. The molecule has 0 aliphatic carbocycles. The van der Waals surface area contributed by atoms with Crippen LogP contribution in [-0.4, -0.2) is 72.8 Å². The first-order valence-electron chi connectivity index (χ1n) is 12.2. The summed E-state index contributed by atoms with van der Waals surface area (Å²) in [5.41, 5.74) is 2.39. The Balaban J connectivity index is 1.35. The summed E-state index contributed by atoms with van der Waals surface area (Å²) in [4.78, 5) is 44.7. The summed E-state index contributed by atoms with van der Waals surface area (Å²) in [6.07, 6.45) is 1.58. The van der Waals surface area contributed by atoms with Crippen molar-refractivity contribution in [1.82, 2.24) is 14.7 Å². The van der Waals surface area contributed by atoms with Crippen LogP contribution < -0.4 is 9.47 Å². The number of hydrogen-bond acceptors (Lipinski definition) is 6. The Hall–Kier alpha value is -4.27. The first-order valence-corrected chi connectivity index (χ1v) is 12.2. The van der Waals surface area contributed by atoms with Gasteiger partial charge >= 0.3 is 0 Å². The summed E-state index contributed by atoms with van der Waals surface area (Å²) in [6.45, 7) is 2.09. The van der Waals surface area contributed by atoms with Crippen molar-refractivity contribution in [3.8, 4) is 11.5 Å². The fourth-order valence-electron chi connectivity index (χ4n) is 5.01. The third-order valence-electron chi connectivity index (χ3n) is 7.04. The number of benzene rings is 2. The van der Waals surface area contributed by atoms with Gasteiger partial charge in [-0.2, -0.15) is 0 Å². The van der Waals surface area contributed by atoms with Crippen molar-refractivity contribution < 1.29 is 28.3 Å². The molecule has 0 spiro atoms. The molecule has 0 radical (unpaired) electrons. The van der Waals surface area contributed by atoms with Crippen LogP contribution in [-0.2, 0) is 11.3 Å². The lowest BCUT2D eigenvalue weighted by atomic mass is 10.00. The number of amides is 3. The van der Waals surface area contributed by atoms with Crippen LogP contribution in [0.5, 0.6) is 11.5 Å². The van der Waals surface area contributed by atoms with Gasteiger partial charge in [0.1, 0.15) is 0 Å². The average Bonchev–Trinajstić information content (AvgIpc) is 3.60. The zero-order valence-electron chi connectivity index (χ0n) is 20.9. The Morgan fingerprint density at radius 2 is 1.65 bits per heavy atom. The molecular formula is C28H29N3O6. The van der Waals surface area contributed by atoms with Crippen molar-refractivity contribution in [3.63, 3.8) is 0 Å². The largest absolute Gasteiger partial charge is 0.493 e. The van der Waals surface area contributed by atoms with E-state index in [1.165, 1.54) is 6.26 Å². The van der Waals surface area contributed by atoms with Crippen molar-refractivity contribution in [1.29, 1.82) is 0 Å². The Bertz CT molecular complexity index is 1300. The van der Waals surface area contributed by atoms with Gasteiger partial charge in [-0.1, -0.05) is 24.3 Å². The van der Waals surface area contributed by atoms with Crippen molar-refractivity contribution in [2.75, 3.05) is 40.4 Å². The van der Waals surface area contributed by atoms with Crippen LogP contribution in [0.1, 0.15) is 44.5 Å². The highest BCUT2D eigenvalue weighted by molar-refractivity contribution is 5.99. The number of fused-ring (bicyclic) bond motifs is 1. The van der Waals surface area contributed by atoms with Gasteiger partial charge in [-0.3, -0.25) is 14.4 Å². The van der Waals surface area contributed by atoms with Gasteiger partial charge in [0.25, 0.3) is 11.8 Å². The van der Waals surface area contributed by atoms with Crippen LogP contribution in [0.4, 0.5) is 0 Å². The van der Waals surface area contributed by atoms with Crippen molar-refractivity contribution in [2.24, 2.45) is 0 Å². The van der Waals surface area contributed by atoms with Crippen LogP contribution in [0, 0.1) is 0 Å². The van der Waals surface area contributed by atoms with E-state index in [-0.39, 0.29) is 24.1 Å². The molecule has 2 aliphatic heterocycles. The van der Waals surface area contributed by atoms with Gasteiger partial charge in [0.15, 0.2) is 17.3 Å². The SMILES string of the molecule is COc1ccc([C@@H](CC(=O)N2CCN(C(=O)c3ccco3)CC2)N2Cc3ccccc3C2=O)cc1OC. The lowest BCUT2D eigenvalue weighted by Gasteiger charge is -2.36. The molecule has 0 saturated carbocycles. The van der Waals surface area contributed by atoms with Crippen molar-refractivity contribution in [2.45, 2.75) is 19.0 Å².